The van der Waals surface area contributed by atoms with Gasteiger partial charge >= 0.3 is 0 Å². The van der Waals surface area contributed by atoms with E-state index < -0.39 is 0 Å². The third-order valence-electron chi connectivity index (χ3n) is 2.79. The van der Waals surface area contributed by atoms with Crippen molar-refractivity contribution in [2.24, 2.45) is 0 Å². The molecule has 0 heterocycles. The van der Waals surface area contributed by atoms with Crippen molar-refractivity contribution in [1.82, 2.24) is 0 Å². The Morgan fingerprint density at radius 3 is 2.38 bits per heavy atom. The van der Waals surface area contributed by atoms with Gasteiger partial charge < -0.3 is 5.11 Å². The maximum absolute atomic E-state index is 9.16. The van der Waals surface area contributed by atoms with Crippen molar-refractivity contribution in [3.8, 4) is 6.07 Å². The van der Waals surface area contributed by atoms with Gasteiger partial charge in [-0.2, -0.15) is 5.26 Å². The number of rotatable bonds is 2. The zero-order valence-electron chi connectivity index (χ0n) is 10.4. The Bertz CT molecular complexity index is 410. The number of aliphatic hydroxyl groups is 1. The second kappa shape index (κ2) is 4.67. The number of nitriles is 1. The Labute approximate surface area is 97.5 Å². The highest BCUT2D eigenvalue weighted by Crippen LogP contribution is 2.27. The molecule has 2 heteroatoms. The zero-order valence-corrected chi connectivity index (χ0v) is 10.4. The quantitative estimate of drug-likeness (QED) is 0.827. The summed E-state index contributed by atoms with van der Waals surface area (Å²) in [5.74, 6) is 0.0781. The lowest BCUT2D eigenvalue weighted by Gasteiger charge is -2.21. The molecule has 0 aliphatic carbocycles. The molecule has 0 saturated heterocycles. The average molecular weight is 217 g/mol. The summed E-state index contributed by atoms with van der Waals surface area (Å²) in [5.41, 5.74) is 2.87. The monoisotopic (exact) mass is 217 g/mol. The van der Waals surface area contributed by atoms with Crippen molar-refractivity contribution in [2.75, 3.05) is 6.61 Å². The lowest BCUT2D eigenvalue weighted by atomic mass is 9.83. The topological polar surface area (TPSA) is 44.0 Å². The molecule has 1 rings (SSSR count). The first-order valence-corrected chi connectivity index (χ1v) is 5.55. The van der Waals surface area contributed by atoms with Crippen molar-refractivity contribution in [3.63, 3.8) is 0 Å². The van der Waals surface area contributed by atoms with E-state index in [9.17, 15) is 0 Å². The van der Waals surface area contributed by atoms with Crippen LogP contribution >= 0.6 is 0 Å². The molecule has 0 aromatic heterocycles. The summed E-state index contributed by atoms with van der Waals surface area (Å²) in [4.78, 5) is 0. The van der Waals surface area contributed by atoms with Crippen LogP contribution in [0.3, 0.4) is 0 Å². The van der Waals surface area contributed by atoms with Crippen LogP contribution < -0.4 is 0 Å². The van der Waals surface area contributed by atoms with Gasteiger partial charge in [-0.05, 0) is 28.7 Å². The molecule has 0 amide bonds. The minimum atomic E-state index is 0.0246. The van der Waals surface area contributed by atoms with E-state index in [1.165, 1.54) is 0 Å². The van der Waals surface area contributed by atoms with Crippen molar-refractivity contribution in [1.29, 1.82) is 5.26 Å². The summed E-state index contributed by atoms with van der Waals surface area (Å²) in [5, 5.41) is 18.2. The van der Waals surface area contributed by atoms with Crippen LogP contribution in [0.2, 0.25) is 0 Å². The molecule has 16 heavy (non-hydrogen) atoms. The normalized spacial score (nSPS) is 13.2. The van der Waals surface area contributed by atoms with E-state index >= 15 is 0 Å². The Balaban J connectivity index is 3.28. The van der Waals surface area contributed by atoms with Crippen LogP contribution in [0, 0.1) is 11.3 Å². The summed E-state index contributed by atoms with van der Waals surface area (Å²) >= 11 is 0. The van der Waals surface area contributed by atoms with Crippen molar-refractivity contribution < 1.29 is 5.11 Å². The van der Waals surface area contributed by atoms with Gasteiger partial charge in [0.25, 0.3) is 0 Å². The summed E-state index contributed by atoms with van der Waals surface area (Å²) in [6, 6.07) is 8.04. The van der Waals surface area contributed by atoms with Crippen LogP contribution in [-0.4, -0.2) is 11.7 Å². The second-order valence-corrected chi connectivity index (χ2v) is 5.29. The summed E-state index contributed by atoms with van der Waals surface area (Å²) < 4.78 is 0. The Kier molecular flexibility index (Phi) is 3.72. The molecule has 0 radical (unpaired) electrons. The Hall–Kier alpha value is -1.33. The van der Waals surface area contributed by atoms with E-state index in [1.807, 2.05) is 19.1 Å². The number of aliphatic hydroxyl groups excluding tert-OH is 1. The van der Waals surface area contributed by atoms with Crippen LogP contribution in [0.15, 0.2) is 18.2 Å². The molecule has 0 saturated carbocycles. The summed E-state index contributed by atoms with van der Waals surface area (Å²) in [6.45, 7) is 8.44. The minimum absolute atomic E-state index is 0.0246. The predicted octanol–water partition coefficient (Wildman–Crippen LogP) is 2.95. The second-order valence-electron chi connectivity index (χ2n) is 5.29. The molecule has 1 aromatic rings. The first-order chi connectivity index (χ1) is 7.38. The van der Waals surface area contributed by atoms with Gasteiger partial charge in [0.15, 0.2) is 0 Å². The van der Waals surface area contributed by atoms with Gasteiger partial charge in [-0.1, -0.05) is 33.8 Å². The van der Waals surface area contributed by atoms with Crippen molar-refractivity contribution in [3.05, 3.63) is 34.9 Å². The molecule has 0 aliphatic rings. The largest absolute Gasteiger partial charge is 0.396 e. The van der Waals surface area contributed by atoms with E-state index in [4.69, 9.17) is 10.4 Å². The minimum Gasteiger partial charge on any atom is -0.396 e. The zero-order chi connectivity index (χ0) is 12.3. The molecule has 1 unspecified atom stereocenters. The average Bonchev–Trinajstić information content (AvgIpc) is 2.26. The number of nitrogens with zero attached hydrogens (tertiary/aromatic N) is 1. The fraction of sp³-hybridized carbons (Fsp3) is 0.500. The van der Waals surface area contributed by atoms with E-state index in [0.29, 0.717) is 5.56 Å². The van der Waals surface area contributed by atoms with Crippen LogP contribution in [0.1, 0.15) is 50.3 Å². The standard InChI is InChI=1S/C14H19NO/c1-10(9-16)12-5-11(8-15)6-13(7-12)14(2,3)4/h5-7,10,16H,9H2,1-4H3. The molecule has 0 aliphatic heterocycles. The van der Waals surface area contributed by atoms with Gasteiger partial charge in [-0.15, -0.1) is 0 Å². The first-order valence-electron chi connectivity index (χ1n) is 5.55. The fourth-order valence-electron chi connectivity index (χ4n) is 1.54. The molecule has 86 valence electrons. The summed E-state index contributed by atoms with van der Waals surface area (Å²) in [7, 11) is 0. The van der Waals surface area contributed by atoms with Gasteiger partial charge in [0.05, 0.1) is 11.6 Å². The van der Waals surface area contributed by atoms with E-state index in [1.54, 1.807) is 0 Å². The lowest BCUT2D eigenvalue weighted by molar-refractivity contribution is 0.273. The first kappa shape index (κ1) is 12.7. The maximum atomic E-state index is 9.16. The van der Waals surface area contributed by atoms with Crippen molar-refractivity contribution >= 4 is 0 Å². The van der Waals surface area contributed by atoms with Crippen LogP contribution in [-0.2, 0) is 5.41 Å². The van der Waals surface area contributed by atoms with E-state index in [2.05, 4.69) is 32.9 Å². The molecular weight excluding hydrogens is 198 g/mol. The van der Waals surface area contributed by atoms with Gasteiger partial charge in [0.1, 0.15) is 0 Å². The SMILES string of the molecule is CC(CO)c1cc(C#N)cc(C(C)(C)C)c1. The van der Waals surface area contributed by atoms with E-state index in [0.717, 1.165) is 11.1 Å². The lowest BCUT2D eigenvalue weighted by Crippen LogP contribution is -2.13. The highest BCUT2D eigenvalue weighted by Gasteiger charge is 2.16. The highest BCUT2D eigenvalue weighted by molar-refractivity contribution is 5.41. The third kappa shape index (κ3) is 2.84. The van der Waals surface area contributed by atoms with Gasteiger partial charge in [-0.3, -0.25) is 0 Å². The molecule has 0 spiro atoms. The summed E-state index contributed by atoms with van der Waals surface area (Å²) in [6.07, 6.45) is 0. The maximum Gasteiger partial charge on any atom is 0.0991 e. The van der Waals surface area contributed by atoms with Gasteiger partial charge in [0.2, 0.25) is 0 Å². The molecule has 1 N–H and O–H groups in total. The van der Waals surface area contributed by atoms with Crippen LogP contribution in [0.4, 0.5) is 0 Å². The Morgan fingerprint density at radius 1 is 1.31 bits per heavy atom. The number of benzene rings is 1. The molecule has 0 fully saturated rings. The van der Waals surface area contributed by atoms with Crippen LogP contribution in [0.5, 0.6) is 0 Å². The molecular formula is C14H19NO. The van der Waals surface area contributed by atoms with Gasteiger partial charge in [0, 0.05) is 12.5 Å². The fourth-order valence-corrected chi connectivity index (χ4v) is 1.54. The van der Waals surface area contributed by atoms with Crippen molar-refractivity contribution in [2.45, 2.75) is 39.0 Å². The van der Waals surface area contributed by atoms with E-state index in [-0.39, 0.29) is 17.9 Å². The number of hydrogen-bond acceptors (Lipinski definition) is 2. The molecule has 0 bridgehead atoms. The van der Waals surface area contributed by atoms with Crippen LogP contribution in [0.25, 0.3) is 0 Å². The predicted molar refractivity (Wildman–Crippen MR) is 65.4 cm³/mol. The molecule has 2 nitrogen and oxygen atoms in total. The number of hydrogen-bond donors (Lipinski definition) is 1. The van der Waals surface area contributed by atoms with Gasteiger partial charge in [-0.25, -0.2) is 0 Å². The highest BCUT2D eigenvalue weighted by atomic mass is 16.3. The Morgan fingerprint density at radius 2 is 1.94 bits per heavy atom. The third-order valence-corrected chi connectivity index (χ3v) is 2.79. The molecule has 1 aromatic carbocycles. The smallest absolute Gasteiger partial charge is 0.0991 e. The molecule has 1 atom stereocenters.